The maximum absolute atomic E-state index is 12.1. The second-order valence-electron chi connectivity index (χ2n) is 6.41. The van der Waals surface area contributed by atoms with Crippen LogP contribution in [-0.4, -0.2) is 29.4 Å². The SMILES string of the molecule is CC1CC(C)N(C(=O)CC(N)C(C)(C)C)C1. The molecule has 0 aliphatic carbocycles. The van der Waals surface area contributed by atoms with E-state index in [1.807, 2.05) is 4.90 Å². The van der Waals surface area contributed by atoms with Crippen molar-refractivity contribution in [2.45, 2.75) is 59.5 Å². The standard InChI is InChI=1S/C13H26N2O/c1-9-6-10(2)15(8-9)12(16)7-11(14)13(3,4)5/h9-11H,6-8,14H2,1-5H3. The molecule has 94 valence electrons. The zero-order chi connectivity index (χ0) is 12.5. The fourth-order valence-electron chi connectivity index (χ4n) is 2.26. The molecule has 3 nitrogen and oxygen atoms in total. The Morgan fingerprint density at radius 2 is 2.00 bits per heavy atom. The van der Waals surface area contributed by atoms with Gasteiger partial charge in [0.15, 0.2) is 0 Å². The van der Waals surface area contributed by atoms with Gasteiger partial charge in [-0.05, 0) is 24.7 Å². The number of amides is 1. The highest BCUT2D eigenvalue weighted by atomic mass is 16.2. The molecular formula is C13H26N2O. The molecule has 16 heavy (non-hydrogen) atoms. The van der Waals surface area contributed by atoms with Crippen molar-refractivity contribution in [3.8, 4) is 0 Å². The Kier molecular flexibility index (Phi) is 4.00. The molecule has 3 atom stereocenters. The molecule has 1 aliphatic heterocycles. The van der Waals surface area contributed by atoms with Crippen molar-refractivity contribution >= 4 is 5.91 Å². The van der Waals surface area contributed by atoms with Crippen molar-refractivity contribution < 1.29 is 4.79 Å². The predicted molar refractivity (Wildman–Crippen MR) is 67.0 cm³/mol. The molecule has 0 radical (unpaired) electrons. The minimum atomic E-state index is -0.0527. The second-order valence-corrected chi connectivity index (χ2v) is 6.41. The number of nitrogens with zero attached hydrogens (tertiary/aromatic N) is 1. The molecule has 0 aromatic heterocycles. The van der Waals surface area contributed by atoms with Crippen molar-refractivity contribution in [2.75, 3.05) is 6.54 Å². The quantitative estimate of drug-likeness (QED) is 0.783. The van der Waals surface area contributed by atoms with Gasteiger partial charge in [0, 0.05) is 25.0 Å². The lowest BCUT2D eigenvalue weighted by Gasteiger charge is -2.29. The largest absolute Gasteiger partial charge is 0.340 e. The van der Waals surface area contributed by atoms with Gasteiger partial charge in [-0.3, -0.25) is 4.79 Å². The topological polar surface area (TPSA) is 46.3 Å². The van der Waals surface area contributed by atoms with E-state index in [4.69, 9.17) is 5.73 Å². The molecule has 1 amide bonds. The first-order valence-corrected chi connectivity index (χ1v) is 6.27. The van der Waals surface area contributed by atoms with Crippen LogP contribution in [0, 0.1) is 11.3 Å². The molecule has 3 heteroatoms. The number of carbonyl (C=O) groups excluding carboxylic acids is 1. The van der Waals surface area contributed by atoms with Gasteiger partial charge in [-0.25, -0.2) is 0 Å². The van der Waals surface area contributed by atoms with Crippen molar-refractivity contribution in [3.05, 3.63) is 0 Å². The van der Waals surface area contributed by atoms with E-state index in [1.54, 1.807) is 0 Å². The Labute approximate surface area is 99.4 Å². The zero-order valence-electron chi connectivity index (χ0n) is 11.3. The number of hydrogen-bond acceptors (Lipinski definition) is 2. The molecule has 3 unspecified atom stereocenters. The smallest absolute Gasteiger partial charge is 0.224 e. The number of likely N-dealkylation sites (tertiary alicyclic amines) is 1. The molecule has 1 rings (SSSR count). The summed E-state index contributed by atoms with van der Waals surface area (Å²) in [5.74, 6) is 0.851. The minimum absolute atomic E-state index is 0.00420. The van der Waals surface area contributed by atoms with Crippen LogP contribution in [0.4, 0.5) is 0 Å². The average molecular weight is 226 g/mol. The van der Waals surface area contributed by atoms with Crippen LogP contribution in [0.5, 0.6) is 0 Å². The third-order valence-electron chi connectivity index (χ3n) is 3.61. The fourth-order valence-corrected chi connectivity index (χ4v) is 2.26. The Hall–Kier alpha value is -0.570. The van der Waals surface area contributed by atoms with Gasteiger partial charge in [-0.2, -0.15) is 0 Å². The van der Waals surface area contributed by atoms with E-state index in [0.717, 1.165) is 13.0 Å². The highest BCUT2D eigenvalue weighted by Crippen LogP contribution is 2.25. The van der Waals surface area contributed by atoms with E-state index in [9.17, 15) is 4.79 Å². The van der Waals surface area contributed by atoms with E-state index in [1.165, 1.54) is 0 Å². The van der Waals surface area contributed by atoms with Gasteiger partial charge >= 0.3 is 0 Å². The molecule has 1 aliphatic rings. The van der Waals surface area contributed by atoms with Crippen molar-refractivity contribution in [1.29, 1.82) is 0 Å². The van der Waals surface area contributed by atoms with Gasteiger partial charge < -0.3 is 10.6 Å². The number of hydrogen-bond donors (Lipinski definition) is 1. The van der Waals surface area contributed by atoms with Crippen LogP contribution < -0.4 is 5.73 Å². The molecule has 0 spiro atoms. The minimum Gasteiger partial charge on any atom is -0.340 e. The van der Waals surface area contributed by atoms with Gasteiger partial charge in [-0.1, -0.05) is 27.7 Å². The summed E-state index contributed by atoms with van der Waals surface area (Å²) in [6.45, 7) is 11.5. The Morgan fingerprint density at radius 3 is 2.38 bits per heavy atom. The van der Waals surface area contributed by atoms with Crippen molar-refractivity contribution in [3.63, 3.8) is 0 Å². The van der Waals surface area contributed by atoms with Crippen LogP contribution in [0.1, 0.15) is 47.5 Å². The molecule has 1 heterocycles. The summed E-state index contributed by atoms with van der Waals surface area (Å²) in [6, 6.07) is 0.331. The first kappa shape index (κ1) is 13.5. The van der Waals surface area contributed by atoms with Crippen LogP contribution in [0.15, 0.2) is 0 Å². The molecule has 1 fully saturated rings. The first-order chi connectivity index (χ1) is 7.21. The van der Waals surface area contributed by atoms with Gasteiger partial charge in [0.25, 0.3) is 0 Å². The van der Waals surface area contributed by atoms with Crippen LogP contribution in [0.2, 0.25) is 0 Å². The van der Waals surface area contributed by atoms with Crippen LogP contribution in [0.25, 0.3) is 0 Å². The molecule has 0 bridgehead atoms. The van der Waals surface area contributed by atoms with Gasteiger partial charge in [0.2, 0.25) is 5.91 Å². The maximum Gasteiger partial charge on any atom is 0.224 e. The number of nitrogens with two attached hydrogens (primary N) is 1. The third-order valence-corrected chi connectivity index (χ3v) is 3.61. The fraction of sp³-hybridized carbons (Fsp3) is 0.923. The molecule has 2 N–H and O–H groups in total. The molecule has 0 saturated carbocycles. The molecule has 1 saturated heterocycles. The average Bonchev–Trinajstić information content (AvgIpc) is 2.43. The molecule has 0 aromatic carbocycles. The lowest BCUT2D eigenvalue weighted by atomic mass is 9.85. The Morgan fingerprint density at radius 1 is 1.44 bits per heavy atom. The Balaban J connectivity index is 2.53. The van der Waals surface area contributed by atoms with Gasteiger partial charge in [0.1, 0.15) is 0 Å². The Bertz CT molecular complexity index is 257. The highest BCUT2D eigenvalue weighted by Gasteiger charge is 2.32. The summed E-state index contributed by atoms with van der Waals surface area (Å²) in [4.78, 5) is 14.1. The summed E-state index contributed by atoms with van der Waals surface area (Å²) >= 11 is 0. The monoisotopic (exact) mass is 226 g/mol. The number of carbonyl (C=O) groups is 1. The normalized spacial score (nSPS) is 28.2. The second kappa shape index (κ2) is 4.74. The van der Waals surface area contributed by atoms with E-state index in [2.05, 4.69) is 34.6 Å². The summed E-state index contributed by atoms with van der Waals surface area (Å²) in [5, 5.41) is 0. The predicted octanol–water partition coefficient (Wildman–Crippen LogP) is 2.01. The highest BCUT2D eigenvalue weighted by molar-refractivity contribution is 5.77. The summed E-state index contributed by atoms with van der Waals surface area (Å²) in [5.41, 5.74) is 6.06. The first-order valence-electron chi connectivity index (χ1n) is 6.27. The summed E-state index contributed by atoms with van der Waals surface area (Å²) in [6.07, 6.45) is 1.59. The zero-order valence-corrected chi connectivity index (χ0v) is 11.3. The summed E-state index contributed by atoms with van der Waals surface area (Å²) in [7, 11) is 0. The lowest BCUT2D eigenvalue weighted by Crippen LogP contribution is -2.42. The lowest BCUT2D eigenvalue weighted by molar-refractivity contribution is -0.132. The molecular weight excluding hydrogens is 200 g/mol. The van der Waals surface area contributed by atoms with E-state index < -0.39 is 0 Å². The van der Waals surface area contributed by atoms with E-state index >= 15 is 0 Å². The van der Waals surface area contributed by atoms with Crippen molar-refractivity contribution in [1.82, 2.24) is 4.90 Å². The van der Waals surface area contributed by atoms with Gasteiger partial charge in [0.05, 0.1) is 0 Å². The van der Waals surface area contributed by atoms with E-state index in [0.29, 0.717) is 18.4 Å². The number of rotatable bonds is 2. The van der Waals surface area contributed by atoms with E-state index in [-0.39, 0.29) is 17.4 Å². The van der Waals surface area contributed by atoms with Crippen LogP contribution in [0.3, 0.4) is 0 Å². The van der Waals surface area contributed by atoms with Crippen LogP contribution >= 0.6 is 0 Å². The van der Waals surface area contributed by atoms with Gasteiger partial charge in [-0.15, -0.1) is 0 Å². The van der Waals surface area contributed by atoms with Crippen molar-refractivity contribution in [2.24, 2.45) is 17.1 Å². The van der Waals surface area contributed by atoms with Crippen LogP contribution in [-0.2, 0) is 4.79 Å². The third kappa shape index (κ3) is 3.21. The molecule has 0 aromatic rings. The maximum atomic E-state index is 12.1. The summed E-state index contributed by atoms with van der Waals surface area (Å²) < 4.78 is 0.